The number of carbonyl (C=O) groups is 1. The lowest BCUT2D eigenvalue weighted by atomic mass is 9.84. The molecule has 26 heavy (non-hydrogen) atoms. The van der Waals surface area contributed by atoms with Gasteiger partial charge in [0.25, 0.3) is 0 Å². The Hall–Kier alpha value is -2.70. The molecular weight excluding hydrogens is 328 g/mol. The molecule has 0 atom stereocenters. The molecule has 0 aromatic carbocycles. The molecule has 1 saturated heterocycles. The third kappa shape index (κ3) is 3.61. The fourth-order valence-electron chi connectivity index (χ4n) is 3.37. The molecule has 2 aromatic rings. The molecule has 1 N–H and O–H groups in total. The highest BCUT2D eigenvalue weighted by Gasteiger charge is 2.31. The molecule has 2 aromatic heterocycles. The summed E-state index contributed by atoms with van der Waals surface area (Å²) in [4.78, 5) is 20.8. The number of aryl methyl sites for hydroxylation is 1. The lowest BCUT2D eigenvalue weighted by Gasteiger charge is -2.38. The van der Waals surface area contributed by atoms with E-state index in [4.69, 9.17) is 0 Å². The Labute approximate surface area is 153 Å². The molecule has 1 aliphatic carbocycles. The van der Waals surface area contributed by atoms with Crippen molar-refractivity contribution in [2.75, 3.05) is 36.4 Å². The molecule has 1 amide bonds. The first-order valence-electron chi connectivity index (χ1n) is 9.26. The molecule has 0 radical (unpaired) electrons. The van der Waals surface area contributed by atoms with Crippen molar-refractivity contribution in [1.82, 2.24) is 20.1 Å². The number of rotatable bonds is 4. The maximum absolute atomic E-state index is 12.3. The first-order chi connectivity index (χ1) is 12.7. The number of anilines is 3. The van der Waals surface area contributed by atoms with E-state index >= 15 is 0 Å². The Morgan fingerprint density at radius 3 is 2.50 bits per heavy atom. The summed E-state index contributed by atoms with van der Waals surface area (Å²) >= 11 is 0. The fourth-order valence-corrected chi connectivity index (χ4v) is 3.37. The van der Waals surface area contributed by atoms with Gasteiger partial charge in [0, 0.05) is 38.3 Å². The molecular formula is C19H24N6O. The van der Waals surface area contributed by atoms with Gasteiger partial charge in [0.15, 0.2) is 11.6 Å². The average Bonchev–Trinajstić information content (AvgIpc) is 2.61. The van der Waals surface area contributed by atoms with Gasteiger partial charge in [-0.1, -0.05) is 6.42 Å². The van der Waals surface area contributed by atoms with Gasteiger partial charge in [-0.2, -0.15) is 0 Å². The van der Waals surface area contributed by atoms with E-state index in [0.29, 0.717) is 11.7 Å². The highest BCUT2D eigenvalue weighted by molar-refractivity contribution is 5.79. The van der Waals surface area contributed by atoms with Crippen molar-refractivity contribution in [3.8, 4) is 0 Å². The standard InChI is InChI=1S/C19H24N6O/c1-14-7-8-20-17(13-14)21-16-5-6-18(23-22-16)24-9-11-25(12-10-24)19(26)15-3-2-4-15/h5-8,13,15H,2-4,9-12H2,1H3,(H,20,21,22). The van der Waals surface area contributed by atoms with Crippen LogP contribution < -0.4 is 10.2 Å². The van der Waals surface area contributed by atoms with Gasteiger partial charge in [0.1, 0.15) is 5.82 Å². The minimum absolute atomic E-state index is 0.280. The Bertz CT molecular complexity index is 766. The topological polar surface area (TPSA) is 74.2 Å². The number of hydrogen-bond donors (Lipinski definition) is 1. The van der Waals surface area contributed by atoms with E-state index in [9.17, 15) is 4.79 Å². The van der Waals surface area contributed by atoms with E-state index in [1.807, 2.05) is 36.1 Å². The number of aromatic nitrogens is 3. The summed E-state index contributed by atoms with van der Waals surface area (Å²) < 4.78 is 0. The van der Waals surface area contributed by atoms with Crippen LogP contribution in [0, 0.1) is 12.8 Å². The Kier molecular flexibility index (Phi) is 4.69. The second-order valence-electron chi connectivity index (χ2n) is 7.06. The van der Waals surface area contributed by atoms with Crippen LogP contribution in [-0.2, 0) is 4.79 Å². The number of carbonyl (C=O) groups excluding carboxylic acids is 1. The second-order valence-corrected chi connectivity index (χ2v) is 7.06. The van der Waals surface area contributed by atoms with Gasteiger partial charge in [-0.15, -0.1) is 10.2 Å². The van der Waals surface area contributed by atoms with Gasteiger partial charge in [0.2, 0.25) is 5.91 Å². The number of amides is 1. The molecule has 7 nitrogen and oxygen atoms in total. The summed E-state index contributed by atoms with van der Waals surface area (Å²) in [6, 6.07) is 7.80. The normalized spacial score (nSPS) is 17.7. The molecule has 4 rings (SSSR count). The molecule has 1 aliphatic heterocycles. The van der Waals surface area contributed by atoms with Gasteiger partial charge < -0.3 is 15.1 Å². The first-order valence-corrected chi connectivity index (χ1v) is 9.26. The van der Waals surface area contributed by atoms with Crippen molar-refractivity contribution in [3.05, 3.63) is 36.0 Å². The number of piperazine rings is 1. The van der Waals surface area contributed by atoms with Crippen LogP contribution in [0.5, 0.6) is 0 Å². The fraction of sp³-hybridized carbons (Fsp3) is 0.474. The molecule has 7 heteroatoms. The lowest BCUT2D eigenvalue weighted by molar-refractivity contribution is -0.138. The van der Waals surface area contributed by atoms with Crippen molar-refractivity contribution in [2.45, 2.75) is 26.2 Å². The Morgan fingerprint density at radius 1 is 1.08 bits per heavy atom. The summed E-state index contributed by atoms with van der Waals surface area (Å²) in [5, 5.41) is 11.8. The molecule has 2 aliphatic rings. The summed E-state index contributed by atoms with van der Waals surface area (Å²) in [6.07, 6.45) is 5.10. The molecule has 0 spiro atoms. The molecule has 2 fully saturated rings. The molecule has 0 bridgehead atoms. The largest absolute Gasteiger partial charge is 0.352 e. The molecule has 3 heterocycles. The number of pyridine rings is 1. The molecule has 136 valence electrons. The van der Waals surface area contributed by atoms with Gasteiger partial charge in [-0.3, -0.25) is 4.79 Å². The first kappa shape index (κ1) is 16.8. The van der Waals surface area contributed by atoms with Crippen LogP contribution in [0.4, 0.5) is 17.5 Å². The van der Waals surface area contributed by atoms with Crippen LogP contribution in [0.3, 0.4) is 0 Å². The highest BCUT2D eigenvalue weighted by atomic mass is 16.2. The van der Waals surface area contributed by atoms with Gasteiger partial charge in [0.05, 0.1) is 0 Å². The maximum Gasteiger partial charge on any atom is 0.225 e. The molecule has 0 unspecified atom stereocenters. The zero-order valence-electron chi connectivity index (χ0n) is 15.1. The third-order valence-corrected chi connectivity index (χ3v) is 5.19. The second kappa shape index (κ2) is 7.27. The quantitative estimate of drug-likeness (QED) is 0.911. The Balaban J connectivity index is 1.33. The van der Waals surface area contributed by atoms with E-state index < -0.39 is 0 Å². The summed E-state index contributed by atoms with van der Waals surface area (Å²) in [5.74, 6) is 2.90. The zero-order chi connectivity index (χ0) is 17.9. The van der Waals surface area contributed by atoms with Gasteiger partial charge in [-0.05, 0) is 49.6 Å². The van der Waals surface area contributed by atoms with E-state index in [-0.39, 0.29) is 5.92 Å². The van der Waals surface area contributed by atoms with Crippen LogP contribution in [0.15, 0.2) is 30.5 Å². The lowest BCUT2D eigenvalue weighted by Crippen LogP contribution is -2.51. The van der Waals surface area contributed by atoms with E-state index in [1.54, 1.807) is 6.20 Å². The zero-order valence-corrected chi connectivity index (χ0v) is 15.1. The summed E-state index contributed by atoms with van der Waals surface area (Å²) in [5.41, 5.74) is 1.14. The van der Waals surface area contributed by atoms with Crippen LogP contribution >= 0.6 is 0 Å². The summed E-state index contributed by atoms with van der Waals surface area (Å²) in [6.45, 7) is 5.17. The third-order valence-electron chi connectivity index (χ3n) is 5.19. The average molecular weight is 352 g/mol. The van der Waals surface area contributed by atoms with Crippen LogP contribution in [0.25, 0.3) is 0 Å². The smallest absolute Gasteiger partial charge is 0.225 e. The van der Waals surface area contributed by atoms with E-state index in [2.05, 4.69) is 25.4 Å². The van der Waals surface area contributed by atoms with E-state index in [1.165, 1.54) is 6.42 Å². The van der Waals surface area contributed by atoms with E-state index in [0.717, 1.165) is 56.2 Å². The van der Waals surface area contributed by atoms with Crippen LogP contribution in [0.2, 0.25) is 0 Å². The Morgan fingerprint density at radius 2 is 1.88 bits per heavy atom. The van der Waals surface area contributed by atoms with Gasteiger partial charge in [-0.25, -0.2) is 4.98 Å². The number of nitrogens with one attached hydrogen (secondary N) is 1. The van der Waals surface area contributed by atoms with Crippen molar-refractivity contribution >= 4 is 23.4 Å². The predicted octanol–water partition coefficient (Wildman–Crippen LogP) is 2.37. The predicted molar refractivity (Wildman–Crippen MR) is 100 cm³/mol. The van der Waals surface area contributed by atoms with Crippen molar-refractivity contribution in [1.29, 1.82) is 0 Å². The number of nitrogens with zero attached hydrogens (tertiary/aromatic N) is 5. The molecule has 1 saturated carbocycles. The van der Waals surface area contributed by atoms with Gasteiger partial charge >= 0.3 is 0 Å². The minimum atomic E-state index is 0.280. The van der Waals surface area contributed by atoms with Crippen LogP contribution in [-0.4, -0.2) is 52.2 Å². The number of hydrogen-bond acceptors (Lipinski definition) is 6. The highest BCUT2D eigenvalue weighted by Crippen LogP contribution is 2.28. The minimum Gasteiger partial charge on any atom is -0.352 e. The SMILES string of the molecule is Cc1ccnc(Nc2ccc(N3CCN(C(=O)C4CCC4)CC3)nn2)c1. The summed E-state index contributed by atoms with van der Waals surface area (Å²) in [7, 11) is 0. The van der Waals surface area contributed by atoms with Crippen molar-refractivity contribution in [2.24, 2.45) is 5.92 Å². The van der Waals surface area contributed by atoms with Crippen molar-refractivity contribution < 1.29 is 4.79 Å². The monoisotopic (exact) mass is 352 g/mol. The van der Waals surface area contributed by atoms with Crippen LogP contribution in [0.1, 0.15) is 24.8 Å². The van der Waals surface area contributed by atoms with Crippen molar-refractivity contribution in [3.63, 3.8) is 0 Å². The maximum atomic E-state index is 12.3.